The molecule has 7 nitrogen and oxygen atoms in total. The van der Waals surface area contributed by atoms with E-state index in [0.29, 0.717) is 26.7 Å². The summed E-state index contributed by atoms with van der Waals surface area (Å²) < 4.78 is 38.3. The van der Waals surface area contributed by atoms with Crippen LogP contribution >= 0.6 is 22.9 Å². The summed E-state index contributed by atoms with van der Waals surface area (Å²) in [5.74, 6) is -0.454. The Morgan fingerprint density at radius 3 is 2.45 bits per heavy atom. The number of carbonyl (C=O) groups is 1. The average molecular weight is 453 g/mol. The zero-order chi connectivity index (χ0) is 21.0. The molecule has 1 unspecified atom stereocenters. The fourth-order valence-corrected chi connectivity index (χ4v) is 4.60. The molecular formula is C19H17ClN2O5S2. The highest BCUT2D eigenvalue weighted by atomic mass is 35.5. The first-order valence-corrected chi connectivity index (χ1v) is 11.1. The summed E-state index contributed by atoms with van der Waals surface area (Å²) in [6, 6.07) is 15.1. The molecule has 10 heteroatoms. The molecule has 0 saturated carbocycles. The van der Waals surface area contributed by atoms with Crippen LogP contribution in [0.2, 0.25) is 5.02 Å². The van der Waals surface area contributed by atoms with Gasteiger partial charge in [0.05, 0.1) is 19.2 Å². The lowest BCUT2D eigenvalue weighted by Crippen LogP contribution is -2.20. The number of aromatic nitrogens is 1. The van der Waals surface area contributed by atoms with Gasteiger partial charge in [-0.3, -0.25) is 9.35 Å². The van der Waals surface area contributed by atoms with Crippen LogP contribution in [0.4, 0.5) is 5.13 Å². The number of carbonyl (C=O) groups excluding carboxylic acids is 1. The monoisotopic (exact) mass is 452 g/mol. The van der Waals surface area contributed by atoms with Crippen LogP contribution in [-0.2, 0) is 26.1 Å². The van der Waals surface area contributed by atoms with Crippen LogP contribution in [0.3, 0.4) is 0 Å². The Morgan fingerprint density at radius 2 is 1.86 bits per heavy atom. The number of hydrogen-bond donors (Lipinski definition) is 2. The van der Waals surface area contributed by atoms with Crippen molar-refractivity contribution < 1.29 is 22.5 Å². The lowest BCUT2D eigenvalue weighted by Gasteiger charge is -2.15. The maximum Gasteiger partial charge on any atom is 0.310 e. The first-order chi connectivity index (χ1) is 13.8. The fraction of sp³-hybridized carbons (Fsp3) is 0.158. The van der Waals surface area contributed by atoms with Crippen molar-refractivity contribution in [1.82, 2.24) is 4.98 Å². The van der Waals surface area contributed by atoms with Crippen molar-refractivity contribution in [3.63, 3.8) is 0 Å². The zero-order valence-electron chi connectivity index (χ0n) is 15.2. The summed E-state index contributed by atoms with van der Waals surface area (Å²) in [6.07, 6.45) is -0.0321. The summed E-state index contributed by atoms with van der Waals surface area (Å²) in [4.78, 5) is 16.9. The largest absolute Gasteiger partial charge is 0.469 e. The third-order valence-electron chi connectivity index (χ3n) is 4.00. The number of ether oxygens (including phenoxy) is 1. The van der Waals surface area contributed by atoms with Gasteiger partial charge < -0.3 is 10.1 Å². The minimum absolute atomic E-state index is 0.0321. The Kier molecular flexibility index (Phi) is 6.53. The molecular weight excluding hydrogens is 436 g/mol. The summed E-state index contributed by atoms with van der Waals surface area (Å²) in [7, 11) is -3.19. The van der Waals surface area contributed by atoms with Crippen LogP contribution in [0.1, 0.15) is 15.8 Å². The quantitative estimate of drug-likeness (QED) is 0.409. The molecule has 29 heavy (non-hydrogen) atoms. The lowest BCUT2D eigenvalue weighted by molar-refractivity contribution is -0.139. The van der Waals surface area contributed by atoms with E-state index in [-0.39, 0.29) is 11.6 Å². The van der Waals surface area contributed by atoms with E-state index in [1.54, 1.807) is 54.6 Å². The molecule has 0 amide bonds. The number of rotatable bonds is 7. The van der Waals surface area contributed by atoms with Gasteiger partial charge in [-0.2, -0.15) is 8.42 Å². The van der Waals surface area contributed by atoms with Crippen LogP contribution in [0.15, 0.2) is 54.6 Å². The molecule has 1 aromatic heterocycles. The number of anilines is 1. The van der Waals surface area contributed by atoms with Crippen molar-refractivity contribution in [1.29, 1.82) is 0 Å². The molecule has 3 rings (SSSR count). The van der Waals surface area contributed by atoms with E-state index in [4.69, 9.17) is 16.3 Å². The van der Waals surface area contributed by atoms with Crippen LogP contribution in [0, 0.1) is 0 Å². The van der Waals surface area contributed by atoms with Crippen LogP contribution in [-0.4, -0.2) is 31.0 Å². The second-order valence-corrected chi connectivity index (χ2v) is 9.02. The smallest absolute Gasteiger partial charge is 0.310 e. The summed E-state index contributed by atoms with van der Waals surface area (Å²) in [6.45, 7) is 0. The molecule has 0 aliphatic rings. The third-order valence-corrected chi connectivity index (χ3v) is 6.23. The van der Waals surface area contributed by atoms with E-state index in [1.807, 2.05) is 0 Å². The van der Waals surface area contributed by atoms with Gasteiger partial charge in [-0.25, -0.2) is 4.98 Å². The SMILES string of the molecule is COC(=O)Cc1sc(NC(c2ccccc2)S(=O)(=O)O)nc1-c1ccc(Cl)cc1. The van der Waals surface area contributed by atoms with Gasteiger partial charge in [0.2, 0.25) is 0 Å². The Hall–Kier alpha value is -2.46. The second kappa shape index (κ2) is 8.91. The molecule has 152 valence electrons. The maximum atomic E-state index is 11.9. The van der Waals surface area contributed by atoms with Gasteiger partial charge in [0.15, 0.2) is 10.5 Å². The number of thiazole rings is 1. The molecule has 0 saturated heterocycles. The van der Waals surface area contributed by atoms with E-state index in [0.717, 1.165) is 11.3 Å². The third kappa shape index (κ3) is 5.33. The van der Waals surface area contributed by atoms with Crippen LogP contribution in [0.25, 0.3) is 11.3 Å². The molecule has 0 bridgehead atoms. The second-order valence-electron chi connectivity index (χ2n) is 6.00. The van der Waals surface area contributed by atoms with Crippen LogP contribution in [0.5, 0.6) is 0 Å². The van der Waals surface area contributed by atoms with Crippen LogP contribution < -0.4 is 5.32 Å². The molecule has 0 spiro atoms. The average Bonchev–Trinajstić information content (AvgIpc) is 3.08. The number of benzene rings is 2. The minimum Gasteiger partial charge on any atom is -0.469 e. The van der Waals surface area contributed by atoms with E-state index < -0.39 is 21.5 Å². The molecule has 0 aliphatic heterocycles. The zero-order valence-corrected chi connectivity index (χ0v) is 17.6. The molecule has 0 radical (unpaired) electrons. The molecule has 0 aliphatic carbocycles. The normalized spacial score (nSPS) is 12.4. The highest BCUT2D eigenvalue weighted by molar-refractivity contribution is 7.86. The van der Waals surface area contributed by atoms with E-state index >= 15 is 0 Å². The van der Waals surface area contributed by atoms with Crippen molar-refractivity contribution in [2.75, 3.05) is 12.4 Å². The van der Waals surface area contributed by atoms with E-state index in [9.17, 15) is 17.8 Å². The van der Waals surface area contributed by atoms with Gasteiger partial charge in [0.25, 0.3) is 10.1 Å². The van der Waals surface area contributed by atoms with Crippen molar-refractivity contribution in [3.8, 4) is 11.3 Å². The fourth-order valence-electron chi connectivity index (χ4n) is 2.64. The summed E-state index contributed by atoms with van der Waals surface area (Å²) in [5, 5.41) is 2.14. The summed E-state index contributed by atoms with van der Waals surface area (Å²) in [5.41, 5.74) is 1.56. The number of esters is 1. The number of halogens is 1. The Labute approximate surface area is 177 Å². The number of nitrogens with zero attached hydrogens (tertiary/aromatic N) is 1. The maximum absolute atomic E-state index is 11.9. The van der Waals surface area contributed by atoms with Gasteiger partial charge in [0, 0.05) is 15.5 Å². The molecule has 2 N–H and O–H groups in total. The highest BCUT2D eigenvalue weighted by Gasteiger charge is 2.27. The van der Waals surface area contributed by atoms with Crippen molar-refractivity contribution in [3.05, 3.63) is 70.1 Å². The topological polar surface area (TPSA) is 106 Å². The summed E-state index contributed by atoms with van der Waals surface area (Å²) >= 11 is 7.05. The first kappa shape index (κ1) is 21.3. The predicted molar refractivity (Wildman–Crippen MR) is 113 cm³/mol. The highest BCUT2D eigenvalue weighted by Crippen LogP contribution is 2.35. The molecule has 1 atom stereocenters. The molecule has 3 aromatic rings. The first-order valence-electron chi connectivity index (χ1n) is 8.38. The Balaban J connectivity index is 2.01. The lowest BCUT2D eigenvalue weighted by atomic mass is 10.1. The predicted octanol–water partition coefficient (Wildman–Crippen LogP) is 4.18. The standard InChI is InChI=1S/C19H17ClN2O5S2/c1-27-16(23)11-15-17(12-7-9-14(20)10-8-12)21-19(28-15)22-18(29(24,25)26)13-5-3-2-4-6-13/h2-10,18H,11H2,1H3,(H,21,22)(H,24,25,26). The van der Waals surface area contributed by atoms with E-state index in [1.165, 1.54) is 7.11 Å². The number of nitrogens with one attached hydrogen (secondary N) is 1. The Morgan fingerprint density at radius 1 is 1.21 bits per heavy atom. The minimum atomic E-state index is -4.47. The van der Waals surface area contributed by atoms with E-state index in [2.05, 4.69) is 10.3 Å². The molecule has 2 aromatic carbocycles. The molecule has 1 heterocycles. The van der Waals surface area contributed by atoms with Crippen molar-refractivity contribution >= 4 is 44.2 Å². The van der Waals surface area contributed by atoms with Gasteiger partial charge >= 0.3 is 5.97 Å². The van der Waals surface area contributed by atoms with Gasteiger partial charge in [-0.1, -0.05) is 54.1 Å². The van der Waals surface area contributed by atoms with Crippen molar-refractivity contribution in [2.45, 2.75) is 11.8 Å². The number of hydrogen-bond acceptors (Lipinski definition) is 7. The van der Waals surface area contributed by atoms with Gasteiger partial charge in [-0.15, -0.1) is 11.3 Å². The van der Waals surface area contributed by atoms with Gasteiger partial charge in [0.1, 0.15) is 0 Å². The van der Waals surface area contributed by atoms with Gasteiger partial charge in [-0.05, 0) is 17.7 Å². The number of methoxy groups -OCH3 is 1. The Bertz CT molecular complexity index is 1100. The molecule has 0 fully saturated rings. The van der Waals surface area contributed by atoms with Crippen molar-refractivity contribution in [2.24, 2.45) is 0 Å².